The molecule has 7 heteroatoms. The molecule has 0 radical (unpaired) electrons. The van der Waals surface area contributed by atoms with Crippen LogP contribution in [0.15, 0.2) is 73.1 Å². The highest BCUT2D eigenvalue weighted by atomic mass is 16.2. The van der Waals surface area contributed by atoms with E-state index in [0.717, 1.165) is 11.1 Å². The number of nitrogens with zero attached hydrogens (tertiary/aromatic N) is 3. The van der Waals surface area contributed by atoms with Crippen molar-refractivity contribution in [2.75, 3.05) is 5.32 Å². The van der Waals surface area contributed by atoms with Crippen LogP contribution in [0.2, 0.25) is 0 Å². The second-order valence-electron chi connectivity index (χ2n) is 6.91. The van der Waals surface area contributed by atoms with Crippen LogP contribution < -0.4 is 5.32 Å². The molecular weight excluding hydrogens is 392 g/mol. The summed E-state index contributed by atoms with van der Waals surface area (Å²) in [6, 6.07) is 16.5. The number of nitrogens with one attached hydrogen (secondary N) is 1. The van der Waals surface area contributed by atoms with Gasteiger partial charge in [0.25, 0.3) is 11.7 Å². The lowest BCUT2D eigenvalue weighted by atomic mass is 10.1. The fourth-order valence-electron chi connectivity index (χ4n) is 2.88. The molecule has 154 valence electrons. The average molecular weight is 414 g/mol. The van der Waals surface area contributed by atoms with Crippen LogP contribution in [0.5, 0.6) is 0 Å². The molecular formula is C24H22N4O3+2. The van der Waals surface area contributed by atoms with Crippen molar-refractivity contribution in [1.29, 1.82) is 0 Å². The summed E-state index contributed by atoms with van der Waals surface area (Å²) in [6.45, 7) is 9.65. The number of rotatable bonds is 6. The van der Waals surface area contributed by atoms with E-state index in [2.05, 4.69) is 23.7 Å². The molecule has 0 spiro atoms. The van der Waals surface area contributed by atoms with Gasteiger partial charge in [0.2, 0.25) is 5.69 Å². The fraction of sp³-hybridized carbons (Fsp3) is 0.0833. The van der Waals surface area contributed by atoms with E-state index < -0.39 is 17.7 Å². The minimum absolute atomic E-state index is 0.206. The van der Waals surface area contributed by atoms with Gasteiger partial charge in [-0.15, -0.1) is 4.58 Å². The van der Waals surface area contributed by atoms with Gasteiger partial charge < -0.3 is 5.32 Å². The number of aromatic nitrogens is 1. The van der Waals surface area contributed by atoms with E-state index in [1.54, 1.807) is 42.7 Å². The predicted molar refractivity (Wildman–Crippen MR) is 118 cm³/mol. The first-order valence-electron chi connectivity index (χ1n) is 9.49. The normalized spacial score (nSPS) is 10.2. The smallest absolute Gasteiger partial charge is 0.319 e. The topological polar surface area (TPSA) is 82.2 Å². The van der Waals surface area contributed by atoms with Gasteiger partial charge in [0.1, 0.15) is 13.4 Å². The lowest BCUT2D eigenvalue weighted by molar-refractivity contribution is -0.537. The van der Waals surface area contributed by atoms with Crippen molar-refractivity contribution in [2.24, 2.45) is 0 Å². The lowest BCUT2D eigenvalue weighted by Crippen LogP contribution is -2.26. The number of carbonyl (C=O) groups excluding carboxylic acids is 3. The van der Waals surface area contributed by atoms with Gasteiger partial charge >= 0.3 is 6.03 Å². The van der Waals surface area contributed by atoms with Crippen LogP contribution >= 0.6 is 0 Å². The number of Topliss-reactive ketones (excluding diaryl/α,β-unsaturated/α-hetero) is 1. The van der Waals surface area contributed by atoms with Gasteiger partial charge in [0.15, 0.2) is 6.54 Å². The number of ketones is 1. The first-order chi connectivity index (χ1) is 14.9. The molecule has 1 heterocycles. The van der Waals surface area contributed by atoms with Crippen molar-refractivity contribution < 1.29 is 23.5 Å². The maximum absolute atomic E-state index is 12.6. The second-order valence-corrected chi connectivity index (χ2v) is 6.91. The average Bonchev–Trinajstić information content (AvgIpc) is 2.79. The highest BCUT2D eigenvalue weighted by Gasteiger charge is 2.30. The molecule has 0 atom stereocenters. The van der Waals surface area contributed by atoms with Gasteiger partial charge in [-0.05, 0) is 42.8 Å². The van der Waals surface area contributed by atoms with Crippen LogP contribution in [0, 0.1) is 6.92 Å². The number of para-hydroxylation sites is 1. The van der Waals surface area contributed by atoms with Gasteiger partial charge in [-0.3, -0.25) is 14.6 Å². The number of urea groups is 1. The fourth-order valence-corrected chi connectivity index (χ4v) is 2.88. The minimum Gasteiger partial charge on any atom is -0.319 e. The summed E-state index contributed by atoms with van der Waals surface area (Å²) < 4.78 is 2.43. The zero-order valence-electron chi connectivity index (χ0n) is 17.1. The van der Waals surface area contributed by atoms with Gasteiger partial charge in [-0.2, -0.15) is 4.79 Å². The summed E-state index contributed by atoms with van der Waals surface area (Å²) in [5, 5.41) is 2.62. The Labute approximate surface area is 180 Å². The van der Waals surface area contributed by atoms with E-state index in [1.807, 2.05) is 25.1 Å². The van der Waals surface area contributed by atoms with E-state index in [1.165, 1.54) is 21.3 Å². The lowest BCUT2D eigenvalue weighted by Gasteiger charge is -2.07. The minimum atomic E-state index is -0.731. The number of benzene rings is 2. The molecule has 0 aliphatic rings. The Kier molecular flexibility index (Phi) is 6.57. The number of amides is 3. The molecule has 3 amide bonds. The molecule has 0 bridgehead atoms. The first-order valence-corrected chi connectivity index (χ1v) is 9.49. The Hall–Kier alpha value is -4.26. The van der Waals surface area contributed by atoms with Gasteiger partial charge in [-0.25, -0.2) is 0 Å². The van der Waals surface area contributed by atoms with Crippen LogP contribution in [0.25, 0.3) is 0 Å². The number of aryl methyl sites for hydroxylation is 1. The Morgan fingerprint density at radius 1 is 0.968 bits per heavy atom. The third kappa shape index (κ3) is 5.22. The highest BCUT2D eigenvalue weighted by Crippen LogP contribution is 2.16. The van der Waals surface area contributed by atoms with Gasteiger partial charge in [-0.1, -0.05) is 22.8 Å². The van der Waals surface area contributed by atoms with E-state index in [9.17, 15) is 14.4 Å². The number of pyridine rings is 1. The van der Waals surface area contributed by atoms with Crippen molar-refractivity contribution in [3.8, 4) is 0 Å². The van der Waals surface area contributed by atoms with Crippen molar-refractivity contribution in [3.05, 3.63) is 89.7 Å². The maximum Gasteiger partial charge on any atom is 0.676 e. The summed E-state index contributed by atoms with van der Waals surface area (Å²) >= 11 is 0. The second kappa shape index (κ2) is 9.49. The van der Waals surface area contributed by atoms with Gasteiger partial charge in [0.05, 0.1) is 0 Å². The highest BCUT2D eigenvalue weighted by molar-refractivity contribution is 6.46. The van der Waals surface area contributed by atoms with Crippen LogP contribution in [-0.2, 0) is 11.3 Å². The van der Waals surface area contributed by atoms with E-state index in [4.69, 9.17) is 0 Å². The van der Waals surface area contributed by atoms with Crippen LogP contribution in [0.4, 0.5) is 16.2 Å². The van der Waals surface area contributed by atoms with Crippen LogP contribution in [0.1, 0.15) is 21.5 Å². The molecule has 7 nitrogen and oxygen atoms in total. The van der Waals surface area contributed by atoms with Crippen molar-refractivity contribution in [2.45, 2.75) is 13.5 Å². The maximum atomic E-state index is 12.6. The molecule has 0 saturated carbocycles. The zero-order valence-corrected chi connectivity index (χ0v) is 17.1. The van der Waals surface area contributed by atoms with Crippen LogP contribution in [-0.4, -0.2) is 45.3 Å². The van der Waals surface area contributed by atoms with E-state index >= 15 is 0 Å². The zero-order chi connectivity index (χ0) is 22.4. The Morgan fingerprint density at radius 2 is 1.68 bits per heavy atom. The predicted octanol–water partition coefficient (Wildman–Crippen LogP) is 3.59. The molecule has 2 aromatic carbocycles. The first kappa shape index (κ1) is 21.4. The monoisotopic (exact) mass is 414 g/mol. The molecule has 0 saturated heterocycles. The van der Waals surface area contributed by atoms with Crippen molar-refractivity contribution >= 4 is 42.5 Å². The number of anilines is 1. The summed E-state index contributed by atoms with van der Waals surface area (Å²) in [5.74, 6) is -1.41. The van der Waals surface area contributed by atoms with Crippen molar-refractivity contribution in [1.82, 2.24) is 4.98 Å². The summed E-state index contributed by atoms with van der Waals surface area (Å²) in [7, 11) is 0. The quantitative estimate of drug-likeness (QED) is 0.289. The third-order valence-corrected chi connectivity index (χ3v) is 4.64. The third-order valence-electron chi connectivity index (χ3n) is 4.64. The van der Waals surface area contributed by atoms with Crippen LogP contribution in [0.3, 0.4) is 0 Å². The molecule has 0 unspecified atom stereocenters. The molecule has 3 aromatic rings. The number of carbonyl (C=O) groups is 3. The number of hydrogen-bond donors (Lipinski definition) is 1. The Balaban J connectivity index is 1.66. The standard InChI is InChI=1S/C24H21N4O3/c1-17-7-4-5-9-21(17)26-23(30)22(29)19-10-12-20(13-11-19)28(3)24(31)27(2)16-18-8-6-14-25-15-18/h4-15H,2-3,16H2,1H3/q+1/p+1. The summed E-state index contributed by atoms with van der Waals surface area (Å²) in [6.07, 6.45) is 3.30. The molecule has 0 aliphatic heterocycles. The van der Waals surface area contributed by atoms with Crippen molar-refractivity contribution in [3.63, 3.8) is 0 Å². The largest absolute Gasteiger partial charge is 0.676 e. The summed E-state index contributed by atoms with van der Waals surface area (Å²) in [5.41, 5.74) is 2.93. The molecule has 1 N–H and O–H groups in total. The molecule has 1 aromatic heterocycles. The Bertz CT molecular complexity index is 1170. The molecule has 3 rings (SSSR count). The summed E-state index contributed by atoms with van der Waals surface area (Å²) in [4.78, 5) is 41.3. The molecule has 0 fully saturated rings. The van der Waals surface area contributed by atoms with E-state index in [-0.39, 0.29) is 12.1 Å². The number of hydrogen-bond acceptors (Lipinski definition) is 4. The molecule has 31 heavy (non-hydrogen) atoms. The van der Waals surface area contributed by atoms with E-state index in [0.29, 0.717) is 11.4 Å². The molecule has 0 aliphatic carbocycles. The van der Waals surface area contributed by atoms with Gasteiger partial charge in [0, 0.05) is 41.3 Å². The SMILES string of the molecule is C=[N+](Cc1cccnc1)C(=O)[N+](=C)c1ccc(C(=O)C(=O)Nc2ccccc2C)cc1. The Morgan fingerprint density at radius 3 is 2.32 bits per heavy atom.